The van der Waals surface area contributed by atoms with E-state index in [1.165, 1.54) is 0 Å². The van der Waals surface area contributed by atoms with Crippen molar-refractivity contribution in [1.82, 2.24) is 24.5 Å². The average molecular weight is 411 g/mol. The van der Waals surface area contributed by atoms with Crippen molar-refractivity contribution >= 4 is 34.0 Å². The summed E-state index contributed by atoms with van der Waals surface area (Å²) in [5.41, 5.74) is 2.10. The molecule has 0 amide bonds. The predicted octanol–water partition coefficient (Wildman–Crippen LogP) is 3.42. The summed E-state index contributed by atoms with van der Waals surface area (Å²) in [6.07, 6.45) is 5.25. The van der Waals surface area contributed by atoms with E-state index in [1.807, 2.05) is 22.6 Å². The number of imidazole rings is 1. The highest BCUT2D eigenvalue weighted by Gasteiger charge is 2.30. The number of halogens is 1. The molecule has 1 aliphatic carbocycles. The zero-order valence-electron chi connectivity index (χ0n) is 15.6. The molecule has 1 aromatic carbocycles. The van der Waals surface area contributed by atoms with Gasteiger partial charge in [-0.2, -0.15) is 4.98 Å². The molecule has 1 aliphatic heterocycles. The maximum atomic E-state index is 10.2. The van der Waals surface area contributed by atoms with Gasteiger partial charge in [-0.05, 0) is 37.8 Å². The standard InChI is InChI=1S/C20H19ClN6O2/c21-13-4-1-5-14-15(13)18(26-8-2-3-12(28)9-26)24-19-16(22-10-27(14)19)20-23-17(25-29-20)11-6-7-11/h1,4-5,10-12,28H,2-3,6-9H2. The number of hydrogen-bond donors (Lipinski definition) is 1. The van der Waals surface area contributed by atoms with Gasteiger partial charge < -0.3 is 14.5 Å². The molecule has 4 heterocycles. The Kier molecular flexibility index (Phi) is 3.79. The molecule has 0 spiro atoms. The lowest BCUT2D eigenvalue weighted by Crippen LogP contribution is -2.39. The van der Waals surface area contributed by atoms with Crippen LogP contribution in [0.3, 0.4) is 0 Å². The molecular weight excluding hydrogens is 392 g/mol. The van der Waals surface area contributed by atoms with E-state index < -0.39 is 0 Å². The number of β-amino-alcohol motifs (C(OH)–C–C–N with tert-alkyl or cyclic N) is 1. The van der Waals surface area contributed by atoms with E-state index in [9.17, 15) is 5.11 Å². The van der Waals surface area contributed by atoms with Crippen molar-refractivity contribution in [2.24, 2.45) is 0 Å². The fourth-order valence-electron chi connectivity index (χ4n) is 4.08. The van der Waals surface area contributed by atoms with Crippen LogP contribution in [0.15, 0.2) is 29.0 Å². The van der Waals surface area contributed by atoms with E-state index in [2.05, 4.69) is 20.0 Å². The van der Waals surface area contributed by atoms with E-state index in [0.717, 1.165) is 54.8 Å². The number of benzene rings is 1. The third-order valence-electron chi connectivity index (χ3n) is 5.71. The van der Waals surface area contributed by atoms with E-state index in [1.54, 1.807) is 6.33 Å². The summed E-state index contributed by atoms with van der Waals surface area (Å²) >= 11 is 6.58. The van der Waals surface area contributed by atoms with E-state index in [4.69, 9.17) is 21.1 Å². The molecule has 29 heavy (non-hydrogen) atoms. The molecule has 1 atom stereocenters. The summed E-state index contributed by atoms with van der Waals surface area (Å²) in [4.78, 5) is 16.1. The van der Waals surface area contributed by atoms with Crippen LogP contribution in [0.4, 0.5) is 5.82 Å². The van der Waals surface area contributed by atoms with Crippen LogP contribution >= 0.6 is 11.6 Å². The molecule has 9 heteroatoms. The monoisotopic (exact) mass is 410 g/mol. The van der Waals surface area contributed by atoms with Gasteiger partial charge in [0.15, 0.2) is 17.2 Å². The normalized spacial score (nSPS) is 20.1. The largest absolute Gasteiger partial charge is 0.391 e. The molecule has 148 valence electrons. The Bertz CT molecular complexity index is 1230. The average Bonchev–Trinajstić information content (AvgIpc) is 3.30. The molecule has 0 radical (unpaired) electrons. The smallest absolute Gasteiger partial charge is 0.280 e. The number of hydrogen-bond acceptors (Lipinski definition) is 7. The first-order chi connectivity index (χ1) is 14.2. The quantitative estimate of drug-likeness (QED) is 0.553. The summed E-state index contributed by atoms with van der Waals surface area (Å²) in [6.45, 7) is 1.34. The minimum atomic E-state index is -0.374. The second-order valence-corrected chi connectivity index (χ2v) is 8.24. The molecule has 2 aliphatic rings. The Labute approximate surface area is 171 Å². The molecule has 8 nitrogen and oxygen atoms in total. The van der Waals surface area contributed by atoms with E-state index >= 15 is 0 Å². The van der Waals surface area contributed by atoms with Crippen LogP contribution in [0.5, 0.6) is 0 Å². The third-order valence-corrected chi connectivity index (χ3v) is 6.03. The van der Waals surface area contributed by atoms with Crippen LogP contribution in [-0.2, 0) is 0 Å². The lowest BCUT2D eigenvalue weighted by atomic mass is 10.1. The summed E-state index contributed by atoms with van der Waals surface area (Å²) in [5, 5.41) is 15.8. The number of aliphatic hydroxyl groups is 1. The molecular formula is C20H19ClN6O2. The number of fused-ring (bicyclic) bond motifs is 3. The Morgan fingerprint density at radius 1 is 1.17 bits per heavy atom. The van der Waals surface area contributed by atoms with Crippen molar-refractivity contribution in [3.8, 4) is 11.6 Å². The van der Waals surface area contributed by atoms with Crippen molar-refractivity contribution in [1.29, 1.82) is 0 Å². The molecule has 3 aromatic heterocycles. The molecule has 6 rings (SSSR count). The zero-order valence-corrected chi connectivity index (χ0v) is 16.4. The number of piperidine rings is 1. The maximum absolute atomic E-state index is 10.2. The number of aliphatic hydroxyl groups excluding tert-OH is 1. The van der Waals surface area contributed by atoms with Crippen molar-refractivity contribution < 1.29 is 9.63 Å². The first-order valence-corrected chi connectivity index (χ1v) is 10.3. The molecule has 0 bridgehead atoms. The van der Waals surface area contributed by atoms with Gasteiger partial charge in [0.1, 0.15) is 12.1 Å². The molecule has 2 fully saturated rings. The van der Waals surface area contributed by atoms with Crippen LogP contribution in [-0.4, -0.2) is 48.8 Å². The van der Waals surface area contributed by atoms with Crippen molar-refractivity contribution in [3.05, 3.63) is 35.4 Å². The highest BCUT2D eigenvalue weighted by Crippen LogP contribution is 2.39. The summed E-state index contributed by atoms with van der Waals surface area (Å²) in [5.74, 6) is 2.28. The van der Waals surface area contributed by atoms with Gasteiger partial charge in [-0.25, -0.2) is 9.97 Å². The third kappa shape index (κ3) is 2.78. The summed E-state index contributed by atoms with van der Waals surface area (Å²) in [6, 6.07) is 5.77. The van der Waals surface area contributed by atoms with Crippen LogP contribution < -0.4 is 4.90 Å². The molecule has 1 unspecified atom stereocenters. The first kappa shape index (κ1) is 17.2. The van der Waals surface area contributed by atoms with Crippen LogP contribution in [0, 0.1) is 0 Å². The number of rotatable bonds is 3. The van der Waals surface area contributed by atoms with Gasteiger partial charge in [-0.15, -0.1) is 0 Å². The fourth-order valence-corrected chi connectivity index (χ4v) is 4.34. The van der Waals surface area contributed by atoms with Crippen LogP contribution in [0.1, 0.15) is 37.4 Å². The van der Waals surface area contributed by atoms with Crippen LogP contribution in [0.25, 0.3) is 28.1 Å². The van der Waals surface area contributed by atoms with Crippen molar-refractivity contribution in [2.75, 3.05) is 18.0 Å². The minimum Gasteiger partial charge on any atom is -0.391 e. The second-order valence-electron chi connectivity index (χ2n) is 7.83. The maximum Gasteiger partial charge on any atom is 0.280 e. The number of aromatic nitrogens is 5. The summed E-state index contributed by atoms with van der Waals surface area (Å²) in [7, 11) is 0. The Balaban J connectivity index is 1.58. The van der Waals surface area contributed by atoms with Gasteiger partial charge in [0, 0.05) is 19.0 Å². The van der Waals surface area contributed by atoms with Gasteiger partial charge in [-0.3, -0.25) is 4.40 Å². The predicted molar refractivity (Wildman–Crippen MR) is 108 cm³/mol. The van der Waals surface area contributed by atoms with Gasteiger partial charge in [0.25, 0.3) is 5.89 Å². The SMILES string of the molecule is OC1CCCN(c2nc3c(-c4nc(C5CC5)no4)ncn3c3cccc(Cl)c23)C1. The number of anilines is 1. The molecule has 1 N–H and O–H groups in total. The fraction of sp³-hybridized carbons (Fsp3) is 0.400. The lowest BCUT2D eigenvalue weighted by molar-refractivity contribution is 0.154. The summed E-state index contributed by atoms with van der Waals surface area (Å²) < 4.78 is 7.40. The van der Waals surface area contributed by atoms with Gasteiger partial charge >= 0.3 is 0 Å². The Morgan fingerprint density at radius 2 is 2.07 bits per heavy atom. The van der Waals surface area contributed by atoms with E-state index in [0.29, 0.717) is 34.7 Å². The topological polar surface area (TPSA) is 92.6 Å². The number of nitrogens with zero attached hydrogens (tertiary/aromatic N) is 6. The van der Waals surface area contributed by atoms with Crippen molar-refractivity contribution in [2.45, 2.75) is 37.7 Å². The van der Waals surface area contributed by atoms with Crippen LogP contribution in [0.2, 0.25) is 5.02 Å². The minimum absolute atomic E-state index is 0.374. The Morgan fingerprint density at radius 3 is 2.90 bits per heavy atom. The zero-order chi connectivity index (χ0) is 19.5. The highest BCUT2D eigenvalue weighted by molar-refractivity contribution is 6.36. The van der Waals surface area contributed by atoms with Gasteiger partial charge in [0.05, 0.1) is 22.0 Å². The highest BCUT2D eigenvalue weighted by atomic mass is 35.5. The molecule has 1 saturated heterocycles. The van der Waals surface area contributed by atoms with Crippen molar-refractivity contribution in [3.63, 3.8) is 0 Å². The molecule has 4 aromatic rings. The Hall–Kier alpha value is -2.71. The van der Waals surface area contributed by atoms with Gasteiger partial charge in [0.2, 0.25) is 0 Å². The van der Waals surface area contributed by atoms with Gasteiger partial charge in [-0.1, -0.05) is 22.8 Å². The lowest BCUT2D eigenvalue weighted by Gasteiger charge is -2.32. The van der Waals surface area contributed by atoms with E-state index in [-0.39, 0.29) is 6.10 Å². The first-order valence-electron chi connectivity index (χ1n) is 9.91. The second kappa shape index (κ2) is 6.40. The molecule has 1 saturated carbocycles.